The number of fused-ring (bicyclic) bond motifs is 1. The molecule has 2 aromatic carbocycles. The van der Waals surface area contributed by atoms with Crippen molar-refractivity contribution in [3.63, 3.8) is 0 Å². The molecule has 1 atom stereocenters. The van der Waals surface area contributed by atoms with Gasteiger partial charge in [0.1, 0.15) is 10.7 Å². The van der Waals surface area contributed by atoms with Gasteiger partial charge in [-0.25, -0.2) is 32.0 Å². The van der Waals surface area contributed by atoms with Crippen LogP contribution in [0.3, 0.4) is 0 Å². The minimum Gasteiger partial charge on any atom is -0.391 e. The molecule has 3 aromatic rings. The number of nitrogens with one attached hydrogen (secondary N) is 1. The number of hydrogen-bond acceptors (Lipinski definition) is 11. The van der Waals surface area contributed by atoms with E-state index in [0.717, 1.165) is 6.07 Å². The molecule has 15 heteroatoms. The number of rotatable bonds is 8. The van der Waals surface area contributed by atoms with Crippen LogP contribution in [0.2, 0.25) is 0 Å². The zero-order chi connectivity index (χ0) is 24.7. The van der Waals surface area contributed by atoms with Gasteiger partial charge in [0.15, 0.2) is 22.3 Å². The van der Waals surface area contributed by atoms with Crippen molar-refractivity contribution >= 4 is 36.7 Å². The average Bonchev–Trinajstić information content (AvgIpc) is 3.46. The molecule has 0 saturated carbocycles. The van der Waals surface area contributed by atoms with Crippen molar-refractivity contribution < 1.29 is 21.9 Å². The lowest BCUT2D eigenvalue weighted by molar-refractivity contribution is 0.205. The largest absolute Gasteiger partial charge is 0.391 e. The Bertz CT molecular complexity index is 1540. The van der Waals surface area contributed by atoms with Crippen LogP contribution in [0.5, 0.6) is 0 Å². The standard InChI is InChI=1S/C19H22N8O5S2/c20-6-10(28)8-33(29,30)14-5-4-11(12-2-1-3-13-17(12)26-15(7-21)25-13)16(18(14)34(22,31)32)19-23-9-24-27-19/h1-5,10,28H,6-9,20-21H2,(H,25,26)(H2,22,31,32)/t10-/m1/s1. The summed E-state index contributed by atoms with van der Waals surface area (Å²) in [6, 6.07) is 7.73. The first-order valence-electron chi connectivity index (χ1n) is 9.98. The number of azo groups is 1. The molecule has 0 amide bonds. The minimum absolute atomic E-state index is 0.0639. The molecule has 8 N–H and O–H groups in total. The van der Waals surface area contributed by atoms with Crippen molar-refractivity contribution in [2.24, 2.45) is 31.8 Å². The molecule has 2 heterocycles. The average molecular weight is 507 g/mol. The predicted octanol–water partition coefficient (Wildman–Crippen LogP) is -0.401. The normalized spacial score (nSPS) is 15.1. The summed E-state index contributed by atoms with van der Waals surface area (Å²) in [4.78, 5) is 10.4. The lowest BCUT2D eigenvalue weighted by Crippen LogP contribution is -2.30. The van der Waals surface area contributed by atoms with E-state index in [4.69, 9.17) is 16.6 Å². The lowest BCUT2D eigenvalue weighted by Gasteiger charge is -2.18. The number of sulfonamides is 1. The van der Waals surface area contributed by atoms with Crippen LogP contribution >= 0.6 is 0 Å². The molecule has 180 valence electrons. The second-order valence-electron chi connectivity index (χ2n) is 7.49. The fourth-order valence-electron chi connectivity index (χ4n) is 3.70. The van der Waals surface area contributed by atoms with E-state index < -0.39 is 41.5 Å². The van der Waals surface area contributed by atoms with Gasteiger partial charge in [0.2, 0.25) is 10.0 Å². The molecule has 0 bridgehead atoms. The summed E-state index contributed by atoms with van der Waals surface area (Å²) in [5, 5.41) is 23.1. The molecule has 0 saturated heterocycles. The fraction of sp³-hybridized carbons (Fsp3) is 0.263. The van der Waals surface area contributed by atoms with E-state index in [0.29, 0.717) is 22.4 Å². The van der Waals surface area contributed by atoms with Crippen molar-refractivity contribution in [3.8, 4) is 11.1 Å². The first-order chi connectivity index (χ1) is 16.1. The number of benzene rings is 2. The zero-order valence-corrected chi connectivity index (χ0v) is 19.3. The number of aromatic nitrogens is 2. The van der Waals surface area contributed by atoms with Gasteiger partial charge in [0, 0.05) is 12.1 Å². The number of amidine groups is 1. The molecule has 0 spiro atoms. The van der Waals surface area contributed by atoms with Crippen LogP contribution in [-0.4, -0.2) is 62.8 Å². The Morgan fingerprint density at radius 3 is 2.47 bits per heavy atom. The van der Waals surface area contributed by atoms with Crippen molar-refractivity contribution in [2.75, 3.05) is 19.0 Å². The van der Waals surface area contributed by atoms with Crippen LogP contribution in [0, 0.1) is 0 Å². The number of para-hydroxylation sites is 1. The highest BCUT2D eigenvalue weighted by Crippen LogP contribution is 2.37. The third-order valence-corrected chi connectivity index (χ3v) is 8.10. The molecule has 13 nitrogen and oxygen atoms in total. The van der Waals surface area contributed by atoms with Crippen molar-refractivity contribution in [3.05, 3.63) is 41.7 Å². The predicted molar refractivity (Wildman–Crippen MR) is 124 cm³/mol. The van der Waals surface area contributed by atoms with E-state index in [1.54, 1.807) is 18.2 Å². The molecule has 0 radical (unpaired) electrons. The van der Waals surface area contributed by atoms with Gasteiger partial charge >= 0.3 is 0 Å². The fourth-order valence-corrected chi connectivity index (χ4v) is 6.75. The molecule has 1 aromatic heterocycles. The minimum atomic E-state index is -4.63. The maximum atomic E-state index is 13.1. The number of aliphatic hydroxyl groups excluding tert-OH is 1. The maximum absolute atomic E-state index is 13.1. The zero-order valence-electron chi connectivity index (χ0n) is 17.7. The molecule has 0 aliphatic carbocycles. The number of sulfone groups is 1. The summed E-state index contributed by atoms with van der Waals surface area (Å²) in [5.41, 5.74) is 12.8. The van der Waals surface area contributed by atoms with Crippen molar-refractivity contribution in [2.45, 2.75) is 22.4 Å². The summed E-state index contributed by atoms with van der Waals surface area (Å²) < 4.78 is 51.7. The summed E-state index contributed by atoms with van der Waals surface area (Å²) in [5.74, 6) is -0.390. The number of nitrogens with zero attached hydrogens (tertiary/aromatic N) is 4. The van der Waals surface area contributed by atoms with E-state index in [9.17, 15) is 21.9 Å². The molecular formula is C19H22N8O5S2. The van der Waals surface area contributed by atoms with Crippen molar-refractivity contribution in [1.82, 2.24) is 9.97 Å². The van der Waals surface area contributed by atoms with Gasteiger partial charge in [0.05, 0.1) is 39.9 Å². The summed E-state index contributed by atoms with van der Waals surface area (Å²) >= 11 is 0. The van der Waals surface area contributed by atoms with Crippen LogP contribution in [0.15, 0.2) is 55.3 Å². The van der Waals surface area contributed by atoms with Crippen LogP contribution in [0.25, 0.3) is 22.2 Å². The number of nitrogens with two attached hydrogens (primary N) is 3. The smallest absolute Gasteiger partial charge is 0.240 e. The number of aliphatic hydroxyl groups is 1. The Kier molecular flexibility index (Phi) is 6.32. The van der Waals surface area contributed by atoms with Gasteiger partial charge < -0.3 is 21.6 Å². The number of H-pyrrole nitrogens is 1. The molecule has 1 aliphatic rings. The number of imidazole rings is 1. The van der Waals surface area contributed by atoms with Crippen LogP contribution in [-0.2, 0) is 26.4 Å². The summed E-state index contributed by atoms with van der Waals surface area (Å²) in [6.45, 7) is -0.253. The van der Waals surface area contributed by atoms with E-state index in [2.05, 4.69) is 25.2 Å². The molecule has 4 rings (SSSR count). The van der Waals surface area contributed by atoms with E-state index >= 15 is 0 Å². The number of aromatic amines is 1. The van der Waals surface area contributed by atoms with Gasteiger partial charge in [-0.2, -0.15) is 5.11 Å². The summed E-state index contributed by atoms with van der Waals surface area (Å²) in [7, 11) is -8.97. The molecule has 1 aliphatic heterocycles. The van der Waals surface area contributed by atoms with Gasteiger partial charge in [-0.05, 0) is 17.7 Å². The Hall–Kier alpha value is -3.08. The third-order valence-electron chi connectivity index (χ3n) is 5.14. The Morgan fingerprint density at radius 1 is 1.09 bits per heavy atom. The van der Waals surface area contributed by atoms with Gasteiger partial charge in [0.25, 0.3) is 0 Å². The Morgan fingerprint density at radius 2 is 1.85 bits per heavy atom. The van der Waals surface area contributed by atoms with Crippen LogP contribution in [0.4, 0.5) is 0 Å². The van der Waals surface area contributed by atoms with Gasteiger partial charge in [-0.1, -0.05) is 18.2 Å². The molecule has 34 heavy (non-hydrogen) atoms. The molecule has 0 unspecified atom stereocenters. The maximum Gasteiger partial charge on any atom is 0.240 e. The highest BCUT2D eigenvalue weighted by molar-refractivity contribution is 7.93. The highest BCUT2D eigenvalue weighted by atomic mass is 32.2. The number of aliphatic imine (C=N–C) groups is 1. The topological polar surface area (TPSA) is 232 Å². The molecule has 0 fully saturated rings. The van der Waals surface area contributed by atoms with Crippen LogP contribution < -0.4 is 16.6 Å². The highest BCUT2D eigenvalue weighted by Gasteiger charge is 2.33. The lowest BCUT2D eigenvalue weighted by atomic mass is 9.97. The Labute approximate surface area is 194 Å². The summed E-state index contributed by atoms with van der Waals surface area (Å²) in [6.07, 6.45) is -1.41. The number of primary sulfonamides is 1. The number of hydrogen-bond donors (Lipinski definition) is 5. The van der Waals surface area contributed by atoms with E-state index in [1.807, 2.05) is 0 Å². The van der Waals surface area contributed by atoms with Gasteiger partial charge in [-0.3, -0.25) is 0 Å². The van der Waals surface area contributed by atoms with Gasteiger partial charge in [-0.15, -0.1) is 5.11 Å². The third kappa shape index (κ3) is 4.36. The second-order valence-corrected chi connectivity index (χ2v) is 11.0. The SMILES string of the molecule is NCc1nc2c(-c3ccc(S(=O)(=O)C[C@H](O)CN)c(S(N)(=O)=O)c3C3=NCN=N3)cccc2[nH]1. The van der Waals surface area contributed by atoms with Crippen molar-refractivity contribution in [1.29, 1.82) is 0 Å². The van der Waals surface area contributed by atoms with E-state index in [1.165, 1.54) is 6.07 Å². The monoisotopic (exact) mass is 506 g/mol. The Balaban J connectivity index is 2.10. The first kappa shape index (κ1) is 24.1. The van der Waals surface area contributed by atoms with E-state index in [-0.39, 0.29) is 36.7 Å². The molecular weight excluding hydrogens is 484 g/mol. The second kappa shape index (κ2) is 8.94. The van der Waals surface area contributed by atoms with Crippen LogP contribution in [0.1, 0.15) is 11.4 Å². The quantitative estimate of drug-likeness (QED) is 0.269. The first-order valence-corrected chi connectivity index (χ1v) is 13.2.